The molecule has 2 N–H and O–H groups in total. The van der Waals surface area contributed by atoms with Crippen LogP contribution in [0, 0.1) is 0 Å². The first-order valence-electron chi connectivity index (χ1n) is 6.54. The van der Waals surface area contributed by atoms with Gasteiger partial charge in [-0.2, -0.15) is 0 Å². The Kier molecular flexibility index (Phi) is 4.14. The lowest BCUT2D eigenvalue weighted by Crippen LogP contribution is -2.13. The SMILES string of the molecule is COc1ccc(NS(=O)(=O)c2cccc(Cl)c2)c2[nH]cc(Cl)c12. The van der Waals surface area contributed by atoms with Crippen LogP contribution in [0.1, 0.15) is 0 Å². The molecule has 0 saturated carbocycles. The number of anilines is 1. The van der Waals surface area contributed by atoms with Crippen LogP contribution in [-0.2, 0) is 10.0 Å². The van der Waals surface area contributed by atoms with Crippen LogP contribution < -0.4 is 9.46 Å². The van der Waals surface area contributed by atoms with Gasteiger partial charge in [0.2, 0.25) is 0 Å². The summed E-state index contributed by atoms with van der Waals surface area (Å²) in [4.78, 5) is 3.03. The third-order valence-electron chi connectivity index (χ3n) is 3.32. The van der Waals surface area contributed by atoms with Crippen LogP contribution >= 0.6 is 23.2 Å². The van der Waals surface area contributed by atoms with E-state index in [1.807, 2.05) is 0 Å². The second kappa shape index (κ2) is 5.96. The number of benzene rings is 2. The Morgan fingerprint density at radius 1 is 1.17 bits per heavy atom. The van der Waals surface area contributed by atoms with Crippen molar-refractivity contribution in [3.05, 3.63) is 52.6 Å². The van der Waals surface area contributed by atoms with Gasteiger partial charge in [0.05, 0.1) is 33.6 Å². The number of halogens is 2. The number of fused-ring (bicyclic) bond motifs is 1. The van der Waals surface area contributed by atoms with Crippen molar-refractivity contribution in [2.75, 3.05) is 11.8 Å². The lowest BCUT2D eigenvalue weighted by atomic mass is 10.2. The van der Waals surface area contributed by atoms with Crippen LogP contribution in [0.4, 0.5) is 5.69 Å². The van der Waals surface area contributed by atoms with Gasteiger partial charge in [-0.05, 0) is 30.3 Å². The van der Waals surface area contributed by atoms with Gasteiger partial charge in [-0.1, -0.05) is 29.3 Å². The molecule has 120 valence electrons. The summed E-state index contributed by atoms with van der Waals surface area (Å²) in [5.41, 5.74) is 0.910. The number of hydrogen-bond donors (Lipinski definition) is 2. The number of ether oxygens (including phenoxy) is 1. The maximum Gasteiger partial charge on any atom is 0.262 e. The molecule has 0 aliphatic rings. The van der Waals surface area contributed by atoms with Crippen molar-refractivity contribution in [1.82, 2.24) is 4.98 Å². The molecule has 23 heavy (non-hydrogen) atoms. The molecule has 0 saturated heterocycles. The fraction of sp³-hybridized carbons (Fsp3) is 0.0667. The molecule has 0 aliphatic heterocycles. The summed E-state index contributed by atoms with van der Waals surface area (Å²) >= 11 is 12.0. The molecular formula is C15H12Cl2N2O3S. The number of sulfonamides is 1. The van der Waals surface area contributed by atoms with Crippen molar-refractivity contribution < 1.29 is 13.2 Å². The van der Waals surface area contributed by atoms with E-state index in [0.29, 0.717) is 32.4 Å². The smallest absolute Gasteiger partial charge is 0.262 e. The van der Waals surface area contributed by atoms with E-state index in [2.05, 4.69) is 9.71 Å². The Labute approximate surface area is 143 Å². The van der Waals surface area contributed by atoms with Crippen molar-refractivity contribution in [2.45, 2.75) is 4.90 Å². The largest absolute Gasteiger partial charge is 0.496 e. The zero-order chi connectivity index (χ0) is 16.6. The molecule has 8 heteroatoms. The van der Waals surface area contributed by atoms with Gasteiger partial charge in [-0.25, -0.2) is 8.42 Å². The summed E-state index contributed by atoms with van der Waals surface area (Å²) in [6, 6.07) is 9.29. The summed E-state index contributed by atoms with van der Waals surface area (Å²) < 4.78 is 32.8. The highest BCUT2D eigenvalue weighted by Gasteiger charge is 2.18. The zero-order valence-corrected chi connectivity index (χ0v) is 14.3. The highest BCUT2D eigenvalue weighted by Crippen LogP contribution is 2.37. The third-order valence-corrected chi connectivity index (χ3v) is 5.22. The highest BCUT2D eigenvalue weighted by atomic mass is 35.5. The number of nitrogens with one attached hydrogen (secondary N) is 2. The van der Waals surface area contributed by atoms with Crippen LogP contribution in [-0.4, -0.2) is 20.5 Å². The summed E-state index contributed by atoms with van der Waals surface area (Å²) in [6.07, 6.45) is 1.58. The topological polar surface area (TPSA) is 71.2 Å². The van der Waals surface area contributed by atoms with Crippen LogP contribution in [0.25, 0.3) is 10.9 Å². The fourth-order valence-electron chi connectivity index (χ4n) is 2.27. The number of aromatic nitrogens is 1. The van der Waals surface area contributed by atoms with Crippen LogP contribution in [0.15, 0.2) is 47.5 Å². The van der Waals surface area contributed by atoms with Crippen molar-refractivity contribution >= 4 is 49.8 Å². The minimum Gasteiger partial charge on any atom is -0.496 e. The molecule has 2 aromatic carbocycles. The molecular weight excluding hydrogens is 359 g/mol. The lowest BCUT2D eigenvalue weighted by molar-refractivity contribution is 0.420. The van der Waals surface area contributed by atoms with Gasteiger partial charge in [-0.3, -0.25) is 4.72 Å². The van der Waals surface area contributed by atoms with E-state index in [1.54, 1.807) is 30.5 Å². The normalized spacial score (nSPS) is 11.6. The van der Waals surface area contributed by atoms with Crippen LogP contribution in [0.5, 0.6) is 5.75 Å². The first kappa shape index (κ1) is 16.0. The highest BCUT2D eigenvalue weighted by molar-refractivity contribution is 7.92. The Hall–Kier alpha value is -1.89. The first-order valence-corrected chi connectivity index (χ1v) is 8.78. The van der Waals surface area contributed by atoms with E-state index >= 15 is 0 Å². The van der Waals surface area contributed by atoms with E-state index in [0.717, 1.165) is 0 Å². The van der Waals surface area contributed by atoms with Gasteiger partial charge in [0.25, 0.3) is 10.0 Å². The number of rotatable bonds is 4. The summed E-state index contributed by atoms with van der Waals surface area (Å²) in [6.45, 7) is 0. The molecule has 0 aliphatic carbocycles. The van der Waals surface area contributed by atoms with E-state index in [9.17, 15) is 8.42 Å². The molecule has 0 spiro atoms. The maximum absolute atomic E-state index is 12.5. The lowest BCUT2D eigenvalue weighted by Gasteiger charge is -2.11. The Bertz CT molecular complexity index is 984. The number of H-pyrrole nitrogens is 1. The minimum atomic E-state index is -3.78. The second-order valence-electron chi connectivity index (χ2n) is 4.76. The summed E-state index contributed by atoms with van der Waals surface area (Å²) in [5.74, 6) is 0.553. The van der Waals surface area contributed by atoms with Gasteiger partial charge < -0.3 is 9.72 Å². The molecule has 0 atom stereocenters. The van der Waals surface area contributed by atoms with E-state index in [-0.39, 0.29) is 4.90 Å². The molecule has 0 fully saturated rings. The average Bonchev–Trinajstić information content (AvgIpc) is 2.90. The quantitative estimate of drug-likeness (QED) is 0.719. The fourth-order valence-corrected chi connectivity index (χ4v) is 3.89. The molecule has 5 nitrogen and oxygen atoms in total. The predicted molar refractivity (Wildman–Crippen MR) is 92.1 cm³/mol. The predicted octanol–water partition coefficient (Wildman–Crippen LogP) is 4.28. The Morgan fingerprint density at radius 2 is 1.96 bits per heavy atom. The van der Waals surface area contributed by atoms with Gasteiger partial charge in [0, 0.05) is 11.2 Å². The molecule has 0 unspecified atom stereocenters. The molecule has 0 radical (unpaired) electrons. The van der Waals surface area contributed by atoms with Crippen molar-refractivity contribution in [2.24, 2.45) is 0 Å². The van der Waals surface area contributed by atoms with Gasteiger partial charge >= 0.3 is 0 Å². The Balaban J connectivity index is 2.08. The van der Waals surface area contributed by atoms with Gasteiger partial charge in [-0.15, -0.1) is 0 Å². The molecule has 3 rings (SSSR count). The van der Waals surface area contributed by atoms with Gasteiger partial charge in [0.1, 0.15) is 5.75 Å². The van der Waals surface area contributed by atoms with E-state index < -0.39 is 10.0 Å². The summed E-state index contributed by atoms with van der Waals surface area (Å²) in [7, 11) is -2.25. The minimum absolute atomic E-state index is 0.0756. The Morgan fingerprint density at radius 3 is 2.65 bits per heavy atom. The van der Waals surface area contributed by atoms with E-state index in [4.69, 9.17) is 27.9 Å². The molecule has 1 heterocycles. The molecule has 0 bridgehead atoms. The van der Waals surface area contributed by atoms with Crippen molar-refractivity contribution in [3.8, 4) is 5.75 Å². The average molecular weight is 371 g/mol. The molecule has 1 aromatic heterocycles. The number of methoxy groups -OCH3 is 1. The zero-order valence-electron chi connectivity index (χ0n) is 11.9. The monoisotopic (exact) mass is 370 g/mol. The number of aromatic amines is 1. The number of hydrogen-bond acceptors (Lipinski definition) is 3. The van der Waals surface area contributed by atoms with Gasteiger partial charge in [0.15, 0.2) is 0 Å². The van der Waals surface area contributed by atoms with Crippen molar-refractivity contribution in [3.63, 3.8) is 0 Å². The standard InChI is InChI=1S/C15H12Cl2N2O3S/c1-22-13-6-5-12(15-14(13)11(17)8-18-15)19-23(20,21)10-4-2-3-9(16)7-10/h2-8,18-19H,1H3. The van der Waals surface area contributed by atoms with Crippen molar-refractivity contribution in [1.29, 1.82) is 0 Å². The van der Waals surface area contributed by atoms with Crippen LogP contribution in [0.3, 0.4) is 0 Å². The maximum atomic E-state index is 12.5. The van der Waals surface area contributed by atoms with E-state index in [1.165, 1.54) is 19.2 Å². The second-order valence-corrected chi connectivity index (χ2v) is 7.29. The summed E-state index contributed by atoms with van der Waals surface area (Å²) in [5, 5.41) is 1.40. The van der Waals surface area contributed by atoms with Crippen LogP contribution in [0.2, 0.25) is 10.0 Å². The molecule has 0 amide bonds. The first-order chi connectivity index (χ1) is 10.9. The third kappa shape index (κ3) is 2.97. The molecule has 3 aromatic rings.